The molecule has 0 atom stereocenters. The van der Waals surface area contributed by atoms with Crippen LogP contribution in [0, 0.1) is 11.6 Å². The summed E-state index contributed by atoms with van der Waals surface area (Å²) in [6, 6.07) is 10.1. The molecule has 0 aliphatic carbocycles. The predicted octanol–water partition coefficient (Wildman–Crippen LogP) is 4.28. The van der Waals surface area contributed by atoms with Crippen LogP contribution in [0.2, 0.25) is 0 Å². The molecule has 0 amide bonds. The number of aromatic nitrogens is 3. The Hall–Kier alpha value is -3.48. The fourth-order valence-corrected chi connectivity index (χ4v) is 2.64. The van der Waals surface area contributed by atoms with Crippen LogP contribution in [-0.2, 0) is 0 Å². The van der Waals surface area contributed by atoms with Gasteiger partial charge in [0, 0.05) is 30.0 Å². The minimum Gasteiger partial charge on any atom is -0.457 e. The van der Waals surface area contributed by atoms with Crippen molar-refractivity contribution >= 4 is 16.9 Å². The summed E-state index contributed by atoms with van der Waals surface area (Å²) in [4.78, 5) is 11.2. The van der Waals surface area contributed by atoms with Crippen molar-refractivity contribution in [1.29, 1.82) is 0 Å². The minimum absolute atomic E-state index is 0.0926. The van der Waals surface area contributed by atoms with Crippen LogP contribution in [0.15, 0.2) is 55.0 Å². The standard InChI is InChI=1S/C18H12F2N4O/c19-11-5-12(20)7-14(6-11)25-13-3-1-10(2-4-13)15-8-22-18-16(15)17(21)23-9-24-18/h1-9H,(H3,21,22,23,24). The Kier molecular flexibility index (Phi) is 3.53. The van der Waals surface area contributed by atoms with Crippen molar-refractivity contribution in [2.75, 3.05) is 5.73 Å². The van der Waals surface area contributed by atoms with E-state index in [2.05, 4.69) is 15.0 Å². The van der Waals surface area contributed by atoms with Crippen LogP contribution in [0.3, 0.4) is 0 Å². The number of nitrogens with two attached hydrogens (primary N) is 1. The molecule has 4 aromatic rings. The van der Waals surface area contributed by atoms with E-state index in [1.807, 2.05) is 12.1 Å². The van der Waals surface area contributed by atoms with Gasteiger partial charge in [-0.2, -0.15) is 0 Å². The average molecular weight is 338 g/mol. The summed E-state index contributed by atoms with van der Waals surface area (Å²) < 4.78 is 31.9. The molecule has 2 aromatic carbocycles. The van der Waals surface area contributed by atoms with Crippen LogP contribution >= 0.6 is 0 Å². The number of rotatable bonds is 3. The van der Waals surface area contributed by atoms with E-state index in [9.17, 15) is 8.78 Å². The molecule has 0 saturated heterocycles. The Morgan fingerprint density at radius 3 is 2.36 bits per heavy atom. The zero-order chi connectivity index (χ0) is 17.4. The van der Waals surface area contributed by atoms with Gasteiger partial charge in [0.15, 0.2) is 0 Å². The van der Waals surface area contributed by atoms with Gasteiger partial charge < -0.3 is 15.5 Å². The molecular formula is C18H12F2N4O. The third-order valence-electron chi connectivity index (χ3n) is 3.74. The molecule has 7 heteroatoms. The molecule has 25 heavy (non-hydrogen) atoms. The number of fused-ring (bicyclic) bond motifs is 1. The van der Waals surface area contributed by atoms with Crippen molar-refractivity contribution in [2.45, 2.75) is 0 Å². The number of nitrogen functional groups attached to an aromatic ring is 1. The van der Waals surface area contributed by atoms with Crippen molar-refractivity contribution in [3.05, 3.63) is 66.6 Å². The van der Waals surface area contributed by atoms with Crippen LogP contribution in [-0.4, -0.2) is 15.0 Å². The molecule has 0 aliphatic rings. The minimum atomic E-state index is -0.694. The Bertz CT molecular complexity index is 1040. The molecule has 5 nitrogen and oxygen atoms in total. The summed E-state index contributed by atoms with van der Waals surface area (Å²) in [5.74, 6) is -0.452. The monoisotopic (exact) mass is 338 g/mol. The number of nitrogens with zero attached hydrogens (tertiary/aromatic N) is 2. The second kappa shape index (κ2) is 5.86. The molecular weight excluding hydrogens is 326 g/mol. The van der Waals surface area contributed by atoms with E-state index in [-0.39, 0.29) is 5.75 Å². The molecule has 0 aliphatic heterocycles. The molecule has 0 fully saturated rings. The maximum absolute atomic E-state index is 13.2. The number of benzene rings is 2. The summed E-state index contributed by atoms with van der Waals surface area (Å²) in [7, 11) is 0. The van der Waals surface area contributed by atoms with E-state index in [0.29, 0.717) is 17.2 Å². The van der Waals surface area contributed by atoms with Gasteiger partial charge in [0.1, 0.15) is 40.9 Å². The van der Waals surface area contributed by atoms with Crippen molar-refractivity contribution in [3.63, 3.8) is 0 Å². The fraction of sp³-hybridized carbons (Fsp3) is 0. The molecule has 4 rings (SSSR count). The molecule has 3 N–H and O–H groups in total. The highest BCUT2D eigenvalue weighted by Crippen LogP contribution is 2.32. The van der Waals surface area contributed by atoms with Crippen molar-refractivity contribution < 1.29 is 13.5 Å². The van der Waals surface area contributed by atoms with Gasteiger partial charge in [-0.25, -0.2) is 18.7 Å². The van der Waals surface area contributed by atoms with Crippen molar-refractivity contribution in [3.8, 4) is 22.6 Å². The molecule has 124 valence electrons. The Balaban J connectivity index is 1.65. The normalized spacial score (nSPS) is 11.0. The first kappa shape index (κ1) is 15.1. The summed E-state index contributed by atoms with van der Waals surface area (Å²) in [6.07, 6.45) is 3.19. The van der Waals surface area contributed by atoms with Gasteiger partial charge in [-0.3, -0.25) is 0 Å². The number of anilines is 1. The largest absolute Gasteiger partial charge is 0.457 e. The second-order valence-electron chi connectivity index (χ2n) is 5.42. The zero-order valence-corrected chi connectivity index (χ0v) is 12.8. The van der Waals surface area contributed by atoms with Crippen LogP contribution < -0.4 is 10.5 Å². The first-order valence-corrected chi connectivity index (χ1v) is 7.42. The maximum Gasteiger partial charge on any atom is 0.143 e. The van der Waals surface area contributed by atoms with Crippen LogP contribution in [0.25, 0.3) is 22.2 Å². The van der Waals surface area contributed by atoms with Crippen molar-refractivity contribution in [2.24, 2.45) is 0 Å². The highest BCUT2D eigenvalue weighted by Gasteiger charge is 2.11. The first-order valence-electron chi connectivity index (χ1n) is 7.42. The Morgan fingerprint density at radius 2 is 1.64 bits per heavy atom. The number of aromatic amines is 1. The maximum atomic E-state index is 13.2. The lowest BCUT2D eigenvalue weighted by Gasteiger charge is -2.07. The van der Waals surface area contributed by atoms with Gasteiger partial charge in [-0.1, -0.05) is 12.1 Å². The first-order chi connectivity index (χ1) is 12.1. The summed E-state index contributed by atoms with van der Waals surface area (Å²) >= 11 is 0. The summed E-state index contributed by atoms with van der Waals surface area (Å²) in [5, 5.41) is 0.739. The third kappa shape index (κ3) is 2.87. The van der Waals surface area contributed by atoms with E-state index in [4.69, 9.17) is 10.5 Å². The van der Waals surface area contributed by atoms with Gasteiger partial charge in [-0.05, 0) is 17.7 Å². The van der Waals surface area contributed by atoms with Gasteiger partial charge in [0.2, 0.25) is 0 Å². The number of hydrogen-bond donors (Lipinski definition) is 2. The molecule has 0 spiro atoms. The van der Waals surface area contributed by atoms with Gasteiger partial charge in [0.05, 0.1) is 5.39 Å². The van der Waals surface area contributed by atoms with Gasteiger partial charge >= 0.3 is 0 Å². The molecule has 0 bridgehead atoms. The molecule has 0 unspecified atom stereocenters. The Labute approximate surface area is 141 Å². The fourth-order valence-electron chi connectivity index (χ4n) is 2.64. The molecule has 2 heterocycles. The topological polar surface area (TPSA) is 76.8 Å². The smallest absolute Gasteiger partial charge is 0.143 e. The van der Waals surface area contributed by atoms with Crippen LogP contribution in [0.1, 0.15) is 0 Å². The summed E-state index contributed by atoms with van der Waals surface area (Å²) in [5.41, 5.74) is 8.32. The third-order valence-corrected chi connectivity index (χ3v) is 3.74. The SMILES string of the molecule is Nc1ncnc2[nH]cc(-c3ccc(Oc4cc(F)cc(F)c4)cc3)c12. The molecule has 2 aromatic heterocycles. The number of halogens is 2. The lowest BCUT2D eigenvalue weighted by atomic mass is 10.1. The van der Waals surface area contributed by atoms with E-state index >= 15 is 0 Å². The van der Waals surface area contributed by atoms with Crippen molar-refractivity contribution in [1.82, 2.24) is 15.0 Å². The Morgan fingerprint density at radius 1 is 0.920 bits per heavy atom. The van der Waals surface area contributed by atoms with E-state index in [1.165, 1.54) is 6.33 Å². The number of hydrogen-bond acceptors (Lipinski definition) is 4. The molecule has 0 radical (unpaired) electrons. The lowest BCUT2D eigenvalue weighted by molar-refractivity contribution is 0.468. The molecule has 0 saturated carbocycles. The highest BCUT2D eigenvalue weighted by atomic mass is 19.1. The van der Waals surface area contributed by atoms with Crippen LogP contribution in [0.5, 0.6) is 11.5 Å². The zero-order valence-electron chi connectivity index (χ0n) is 12.8. The van der Waals surface area contributed by atoms with E-state index < -0.39 is 11.6 Å². The average Bonchev–Trinajstić information content (AvgIpc) is 3.00. The number of nitrogens with one attached hydrogen (secondary N) is 1. The van der Waals surface area contributed by atoms with Crippen LogP contribution in [0.4, 0.5) is 14.6 Å². The number of H-pyrrole nitrogens is 1. The second-order valence-corrected chi connectivity index (χ2v) is 5.42. The predicted molar refractivity (Wildman–Crippen MR) is 90.2 cm³/mol. The number of ether oxygens (including phenoxy) is 1. The van der Waals surface area contributed by atoms with E-state index in [1.54, 1.807) is 18.3 Å². The van der Waals surface area contributed by atoms with Gasteiger partial charge in [0.25, 0.3) is 0 Å². The quantitative estimate of drug-likeness (QED) is 0.584. The summed E-state index contributed by atoms with van der Waals surface area (Å²) in [6.45, 7) is 0. The lowest BCUT2D eigenvalue weighted by Crippen LogP contribution is -1.92. The van der Waals surface area contributed by atoms with E-state index in [0.717, 1.165) is 34.7 Å². The highest BCUT2D eigenvalue weighted by molar-refractivity contribution is 6.00. The van der Waals surface area contributed by atoms with Gasteiger partial charge in [-0.15, -0.1) is 0 Å².